The van der Waals surface area contributed by atoms with Crippen molar-refractivity contribution in [3.63, 3.8) is 0 Å². The molecule has 1 aliphatic heterocycles. The molecule has 0 N–H and O–H groups in total. The summed E-state index contributed by atoms with van der Waals surface area (Å²) in [5.74, 6) is 2.58. The molecule has 0 unspecified atom stereocenters. The van der Waals surface area contributed by atoms with Crippen molar-refractivity contribution in [2.24, 2.45) is 0 Å². The largest absolute Gasteiger partial charge is 0.493 e. The molecule has 1 saturated heterocycles. The molecule has 0 amide bonds. The van der Waals surface area contributed by atoms with Crippen LogP contribution in [0.2, 0.25) is 0 Å². The van der Waals surface area contributed by atoms with Gasteiger partial charge in [0.15, 0.2) is 11.5 Å². The second-order valence-electron chi connectivity index (χ2n) is 8.86. The minimum Gasteiger partial charge on any atom is -0.493 e. The van der Waals surface area contributed by atoms with E-state index in [0.717, 1.165) is 60.3 Å². The molecule has 2 aromatic heterocycles. The van der Waals surface area contributed by atoms with Gasteiger partial charge in [-0.1, -0.05) is 6.07 Å². The summed E-state index contributed by atoms with van der Waals surface area (Å²) in [6.45, 7) is 6.83. The lowest BCUT2D eigenvalue weighted by Crippen LogP contribution is -2.21. The van der Waals surface area contributed by atoms with Crippen LogP contribution in [-0.2, 0) is 6.54 Å². The third-order valence-electron chi connectivity index (χ3n) is 5.73. The first-order valence-electron chi connectivity index (χ1n) is 11.3. The Morgan fingerprint density at radius 2 is 1.91 bits per heavy atom. The molecule has 0 spiro atoms. The van der Waals surface area contributed by atoms with Crippen LogP contribution < -0.4 is 14.4 Å². The van der Waals surface area contributed by atoms with E-state index in [9.17, 15) is 0 Å². The van der Waals surface area contributed by atoms with Gasteiger partial charge in [0.1, 0.15) is 6.33 Å². The Morgan fingerprint density at radius 1 is 1.12 bits per heavy atom. The van der Waals surface area contributed by atoms with E-state index >= 15 is 0 Å². The maximum Gasteiger partial charge on any atom is 0.225 e. The maximum atomic E-state index is 5.96. The highest BCUT2D eigenvalue weighted by Crippen LogP contribution is 2.35. The molecule has 0 bridgehead atoms. The summed E-state index contributed by atoms with van der Waals surface area (Å²) in [5, 5.41) is 0. The standard InChI is InChI=1S/C25H32N6O2/c1-17(2)33-23-10-18(6-7-22(23)32-5)14-31-9-8-19(15-31)24-21(20-11-26-16-27-12-20)13-28-25(29-24)30(3)4/h6-7,10-13,16-17,19H,8-9,14-15H2,1-5H3/t19-/m1/s1. The van der Waals surface area contributed by atoms with Crippen molar-refractivity contribution in [1.82, 2.24) is 24.8 Å². The molecule has 0 saturated carbocycles. The minimum absolute atomic E-state index is 0.0920. The lowest BCUT2D eigenvalue weighted by molar-refractivity contribution is 0.229. The van der Waals surface area contributed by atoms with E-state index in [0.29, 0.717) is 5.92 Å². The minimum atomic E-state index is 0.0920. The quantitative estimate of drug-likeness (QED) is 0.515. The SMILES string of the molecule is COc1ccc(CN2CC[C@@H](c3nc(N(C)C)ncc3-c3cncnc3)C2)cc1OC(C)C. The van der Waals surface area contributed by atoms with Crippen LogP contribution >= 0.6 is 0 Å². The summed E-state index contributed by atoms with van der Waals surface area (Å²) in [6, 6.07) is 6.19. The van der Waals surface area contributed by atoms with Crippen molar-refractivity contribution in [3.8, 4) is 22.6 Å². The van der Waals surface area contributed by atoms with Crippen LogP contribution in [-0.4, -0.2) is 65.2 Å². The van der Waals surface area contributed by atoms with E-state index in [1.54, 1.807) is 13.4 Å². The summed E-state index contributed by atoms with van der Waals surface area (Å²) in [7, 11) is 5.60. The van der Waals surface area contributed by atoms with Gasteiger partial charge in [-0.05, 0) is 44.5 Å². The molecule has 8 heteroatoms. The van der Waals surface area contributed by atoms with Crippen LogP contribution in [0.1, 0.15) is 37.4 Å². The van der Waals surface area contributed by atoms with Gasteiger partial charge in [-0.15, -0.1) is 0 Å². The van der Waals surface area contributed by atoms with Crippen molar-refractivity contribution >= 4 is 5.95 Å². The number of hydrogen-bond donors (Lipinski definition) is 0. The lowest BCUT2D eigenvalue weighted by atomic mass is 9.97. The number of benzene rings is 1. The van der Waals surface area contributed by atoms with Gasteiger partial charge in [0.25, 0.3) is 0 Å². The van der Waals surface area contributed by atoms with Gasteiger partial charge < -0.3 is 14.4 Å². The Kier molecular flexibility index (Phi) is 7.03. The smallest absolute Gasteiger partial charge is 0.225 e. The number of methoxy groups -OCH3 is 1. The number of anilines is 1. The summed E-state index contributed by atoms with van der Waals surface area (Å²) >= 11 is 0. The van der Waals surface area contributed by atoms with E-state index in [-0.39, 0.29) is 6.10 Å². The second kappa shape index (κ2) is 10.1. The average molecular weight is 449 g/mol. The number of aromatic nitrogens is 4. The van der Waals surface area contributed by atoms with E-state index in [1.807, 2.05) is 57.5 Å². The highest BCUT2D eigenvalue weighted by Gasteiger charge is 2.28. The van der Waals surface area contributed by atoms with E-state index in [2.05, 4.69) is 32.0 Å². The lowest BCUT2D eigenvalue weighted by Gasteiger charge is -2.20. The van der Waals surface area contributed by atoms with E-state index < -0.39 is 0 Å². The van der Waals surface area contributed by atoms with Crippen LogP contribution in [0.15, 0.2) is 43.1 Å². The van der Waals surface area contributed by atoms with Gasteiger partial charge in [0, 0.05) is 62.8 Å². The van der Waals surface area contributed by atoms with Crippen LogP contribution in [0.5, 0.6) is 11.5 Å². The number of likely N-dealkylation sites (tertiary alicyclic amines) is 1. The zero-order valence-corrected chi connectivity index (χ0v) is 20.0. The Labute approximate surface area is 195 Å². The molecule has 33 heavy (non-hydrogen) atoms. The van der Waals surface area contributed by atoms with Crippen molar-refractivity contribution in [3.05, 3.63) is 54.4 Å². The first-order chi connectivity index (χ1) is 15.9. The molecule has 3 heterocycles. The molecular formula is C25H32N6O2. The van der Waals surface area contributed by atoms with E-state index in [1.165, 1.54) is 5.56 Å². The predicted molar refractivity (Wildman–Crippen MR) is 129 cm³/mol. The van der Waals surface area contributed by atoms with Gasteiger partial charge >= 0.3 is 0 Å². The van der Waals surface area contributed by atoms with Crippen molar-refractivity contribution < 1.29 is 9.47 Å². The van der Waals surface area contributed by atoms with Gasteiger partial charge in [-0.2, -0.15) is 0 Å². The Bertz CT molecular complexity index is 1070. The second-order valence-corrected chi connectivity index (χ2v) is 8.86. The Balaban J connectivity index is 1.55. The fourth-order valence-corrected chi connectivity index (χ4v) is 4.20. The number of hydrogen-bond acceptors (Lipinski definition) is 8. The summed E-state index contributed by atoms with van der Waals surface area (Å²) in [5.41, 5.74) is 4.22. The number of nitrogens with zero attached hydrogens (tertiary/aromatic N) is 6. The van der Waals surface area contributed by atoms with Gasteiger partial charge in [0.05, 0.1) is 18.9 Å². The first kappa shape index (κ1) is 22.9. The molecule has 1 aliphatic rings. The number of ether oxygens (including phenoxy) is 2. The first-order valence-corrected chi connectivity index (χ1v) is 11.3. The van der Waals surface area contributed by atoms with Crippen molar-refractivity contribution in [2.75, 3.05) is 39.2 Å². The zero-order valence-electron chi connectivity index (χ0n) is 20.0. The molecule has 8 nitrogen and oxygen atoms in total. The van der Waals surface area contributed by atoms with Crippen LogP contribution in [0, 0.1) is 0 Å². The third kappa shape index (κ3) is 5.39. The number of rotatable bonds is 8. The predicted octanol–water partition coefficient (Wildman–Crippen LogP) is 3.78. The third-order valence-corrected chi connectivity index (χ3v) is 5.73. The van der Waals surface area contributed by atoms with Crippen LogP contribution in [0.3, 0.4) is 0 Å². The van der Waals surface area contributed by atoms with Gasteiger partial charge in [-0.25, -0.2) is 19.9 Å². The molecule has 0 radical (unpaired) electrons. The maximum absolute atomic E-state index is 5.96. The summed E-state index contributed by atoms with van der Waals surface area (Å²) in [4.78, 5) is 22.3. The summed E-state index contributed by atoms with van der Waals surface area (Å²) in [6.07, 6.45) is 8.22. The summed E-state index contributed by atoms with van der Waals surface area (Å²) < 4.78 is 11.4. The molecule has 1 aromatic carbocycles. The molecular weight excluding hydrogens is 416 g/mol. The topological polar surface area (TPSA) is 76.5 Å². The molecule has 0 aliphatic carbocycles. The van der Waals surface area contributed by atoms with Crippen LogP contribution in [0.4, 0.5) is 5.95 Å². The highest BCUT2D eigenvalue weighted by atomic mass is 16.5. The molecule has 1 atom stereocenters. The van der Waals surface area contributed by atoms with Gasteiger partial charge in [0.2, 0.25) is 5.95 Å². The molecule has 1 fully saturated rings. The molecule has 174 valence electrons. The van der Waals surface area contributed by atoms with Crippen LogP contribution in [0.25, 0.3) is 11.1 Å². The van der Waals surface area contributed by atoms with Gasteiger partial charge in [-0.3, -0.25) is 4.90 Å². The zero-order chi connectivity index (χ0) is 23.4. The normalized spacial score (nSPS) is 16.2. The highest BCUT2D eigenvalue weighted by molar-refractivity contribution is 5.65. The fourth-order valence-electron chi connectivity index (χ4n) is 4.20. The Morgan fingerprint density at radius 3 is 2.61 bits per heavy atom. The Hall–Kier alpha value is -3.26. The van der Waals surface area contributed by atoms with E-state index in [4.69, 9.17) is 14.5 Å². The van der Waals surface area contributed by atoms with Crippen molar-refractivity contribution in [1.29, 1.82) is 0 Å². The molecule has 3 aromatic rings. The fraction of sp³-hybridized carbons (Fsp3) is 0.440. The molecule has 4 rings (SSSR count). The van der Waals surface area contributed by atoms with Crippen molar-refractivity contribution in [2.45, 2.75) is 38.8 Å². The monoisotopic (exact) mass is 448 g/mol. The average Bonchev–Trinajstić information content (AvgIpc) is 3.27.